The summed E-state index contributed by atoms with van der Waals surface area (Å²) in [6.45, 7) is 4.84. The van der Waals surface area contributed by atoms with Gasteiger partial charge in [0.1, 0.15) is 0 Å². The minimum atomic E-state index is -0.395. The Kier molecular flexibility index (Phi) is 5.87. The molecule has 5 aromatic rings. The Morgan fingerprint density at radius 1 is 1.00 bits per heavy atom. The number of carbonyl (C=O) groups excluding carboxylic acids is 1. The molecule has 0 aliphatic carbocycles. The number of pyridine rings is 2. The monoisotopic (exact) mass is 448 g/mol. The fourth-order valence-corrected chi connectivity index (χ4v) is 4.17. The van der Waals surface area contributed by atoms with Crippen LogP contribution in [0.15, 0.2) is 79.1 Å². The van der Waals surface area contributed by atoms with Crippen molar-refractivity contribution in [1.82, 2.24) is 19.7 Å². The number of carbonyl (C=O) groups is 1. The van der Waals surface area contributed by atoms with Crippen LogP contribution in [0, 0.1) is 0 Å². The summed E-state index contributed by atoms with van der Waals surface area (Å²) < 4.78 is 7.03. The zero-order valence-electron chi connectivity index (χ0n) is 19.1. The van der Waals surface area contributed by atoms with Crippen LogP contribution in [-0.4, -0.2) is 32.3 Å². The molecular weight excluding hydrogens is 424 g/mol. The topological polar surface area (TPSA) is 69.9 Å². The van der Waals surface area contributed by atoms with Gasteiger partial charge >= 0.3 is 5.97 Å². The van der Waals surface area contributed by atoms with Gasteiger partial charge in [0.15, 0.2) is 5.65 Å². The van der Waals surface area contributed by atoms with Crippen LogP contribution in [0.3, 0.4) is 0 Å². The first-order valence-corrected chi connectivity index (χ1v) is 11.3. The molecule has 34 heavy (non-hydrogen) atoms. The van der Waals surface area contributed by atoms with Gasteiger partial charge in [0.2, 0.25) is 0 Å². The molecule has 0 saturated heterocycles. The second-order valence-electron chi connectivity index (χ2n) is 7.81. The number of hydrogen-bond donors (Lipinski definition) is 0. The van der Waals surface area contributed by atoms with Crippen molar-refractivity contribution in [2.45, 2.75) is 20.4 Å². The molecule has 0 aliphatic heterocycles. The van der Waals surface area contributed by atoms with E-state index in [1.54, 1.807) is 13.0 Å². The van der Waals surface area contributed by atoms with E-state index in [9.17, 15) is 4.79 Å². The van der Waals surface area contributed by atoms with Gasteiger partial charge in [-0.1, -0.05) is 48.5 Å². The molecule has 0 unspecified atom stereocenters. The van der Waals surface area contributed by atoms with E-state index >= 15 is 0 Å². The predicted molar refractivity (Wildman–Crippen MR) is 135 cm³/mol. The number of para-hydroxylation sites is 1. The van der Waals surface area contributed by atoms with E-state index in [4.69, 9.17) is 14.7 Å². The average molecular weight is 449 g/mol. The summed E-state index contributed by atoms with van der Waals surface area (Å²) in [5, 5.41) is 6.52. The van der Waals surface area contributed by atoms with E-state index in [1.807, 2.05) is 78.6 Å². The Labute approximate surface area is 197 Å². The molecule has 3 heterocycles. The highest BCUT2D eigenvalue weighted by molar-refractivity contribution is 6.03. The van der Waals surface area contributed by atoms with Crippen molar-refractivity contribution in [3.8, 4) is 22.4 Å². The van der Waals surface area contributed by atoms with Gasteiger partial charge < -0.3 is 4.74 Å². The number of fused-ring (bicyclic) bond motifs is 2. The van der Waals surface area contributed by atoms with Crippen molar-refractivity contribution >= 4 is 34.0 Å². The molecule has 0 bridgehead atoms. The summed E-state index contributed by atoms with van der Waals surface area (Å²) in [4.78, 5) is 22.0. The third kappa shape index (κ3) is 3.94. The van der Waals surface area contributed by atoms with Crippen LogP contribution in [0.25, 0.3) is 50.4 Å². The molecule has 0 fully saturated rings. The highest BCUT2D eigenvalue weighted by Gasteiger charge is 2.20. The smallest absolute Gasteiger partial charge is 0.330 e. The number of nitrogens with zero attached hydrogens (tertiary/aromatic N) is 4. The van der Waals surface area contributed by atoms with Gasteiger partial charge in [0, 0.05) is 51.8 Å². The van der Waals surface area contributed by atoms with Crippen molar-refractivity contribution in [1.29, 1.82) is 0 Å². The maximum Gasteiger partial charge on any atom is 0.330 e. The normalized spacial score (nSPS) is 11.5. The molecular formula is C28H24N4O2. The minimum Gasteiger partial charge on any atom is -0.463 e. The Bertz CT molecular complexity index is 1520. The molecule has 6 heteroatoms. The molecule has 0 atom stereocenters. The molecule has 0 amide bonds. The molecule has 168 valence electrons. The lowest BCUT2D eigenvalue weighted by atomic mass is 9.93. The van der Waals surface area contributed by atoms with Crippen molar-refractivity contribution in [2.75, 3.05) is 6.61 Å². The largest absolute Gasteiger partial charge is 0.463 e. The van der Waals surface area contributed by atoms with Crippen molar-refractivity contribution in [3.63, 3.8) is 0 Å². The molecule has 0 saturated carbocycles. The number of benzene rings is 2. The first-order valence-electron chi connectivity index (χ1n) is 11.3. The SMILES string of the molecule is CCOC(=O)/C=C/c1c(-c2ccccc2)nc2c(cnn2CC)c1-c1cnc2ccccc2c1. The highest BCUT2D eigenvalue weighted by atomic mass is 16.5. The molecule has 3 aromatic heterocycles. The van der Waals surface area contributed by atoms with Crippen LogP contribution in [0.5, 0.6) is 0 Å². The number of rotatable bonds is 6. The summed E-state index contributed by atoms with van der Waals surface area (Å²) in [7, 11) is 0. The summed E-state index contributed by atoms with van der Waals surface area (Å²) in [5.74, 6) is -0.395. The van der Waals surface area contributed by atoms with E-state index in [1.165, 1.54) is 6.08 Å². The van der Waals surface area contributed by atoms with Gasteiger partial charge in [-0.15, -0.1) is 0 Å². The number of hydrogen-bond acceptors (Lipinski definition) is 5. The lowest BCUT2D eigenvalue weighted by Gasteiger charge is -2.15. The Morgan fingerprint density at radius 2 is 1.79 bits per heavy atom. The Morgan fingerprint density at radius 3 is 2.59 bits per heavy atom. The van der Waals surface area contributed by atoms with Gasteiger partial charge in [0.05, 0.1) is 24.0 Å². The fourth-order valence-electron chi connectivity index (χ4n) is 4.17. The van der Waals surface area contributed by atoms with Gasteiger partial charge in [-0.3, -0.25) is 4.98 Å². The third-order valence-electron chi connectivity index (χ3n) is 5.72. The van der Waals surface area contributed by atoms with Gasteiger partial charge in [-0.2, -0.15) is 5.10 Å². The minimum absolute atomic E-state index is 0.316. The van der Waals surface area contributed by atoms with Gasteiger partial charge in [0.25, 0.3) is 0 Å². The van der Waals surface area contributed by atoms with Crippen molar-refractivity contribution in [3.05, 3.63) is 84.7 Å². The molecule has 2 aromatic carbocycles. The second-order valence-corrected chi connectivity index (χ2v) is 7.81. The van der Waals surface area contributed by atoms with Gasteiger partial charge in [-0.25, -0.2) is 14.5 Å². The van der Waals surface area contributed by atoms with Crippen molar-refractivity contribution < 1.29 is 9.53 Å². The standard InChI is InChI=1S/C28H24N4O2/c1-3-32-28-23(18-30-32)26(21-16-20-12-8-9-13-24(20)29-17-21)22(14-15-25(33)34-4-2)27(31-28)19-10-6-5-7-11-19/h5-18H,3-4H2,1-2H3/b15-14+. The molecule has 0 spiro atoms. The van der Waals surface area contributed by atoms with Crippen LogP contribution in [0.4, 0.5) is 0 Å². The lowest BCUT2D eigenvalue weighted by Crippen LogP contribution is -2.02. The average Bonchev–Trinajstić information content (AvgIpc) is 3.29. The number of aromatic nitrogens is 4. The van der Waals surface area contributed by atoms with Crippen LogP contribution < -0.4 is 0 Å². The number of esters is 1. The summed E-state index contributed by atoms with van der Waals surface area (Å²) in [5.41, 5.74) is 6.12. The quantitative estimate of drug-likeness (QED) is 0.239. The summed E-state index contributed by atoms with van der Waals surface area (Å²) in [6, 6.07) is 20.1. The molecule has 6 nitrogen and oxygen atoms in total. The molecule has 5 rings (SSSR count). The Hall–Kier alpha value is -4.32. The third-order valence-corrected chi connectivity index (χ3v) is 5.72. The first-order chi connectivity index (χ1) is 16.7. The van der Waals surface area contributed by atoms with E-state index in [0.29, 0.717) is 13.2 Å². The van der Waals surface area contributed by atoms with Crippen LogP contribution in [0.2, 0.25) is 0 Å². The summed E-state index contributed by atoms with van der Waals surface area (Å²) >= 11 is 0. The maximum absolute atomic E-state index is 12.2. The van der Waals surface area contributed by atoms with E-state index in [-0.39, 0.29) is 0 Å². The zero-order chi connectivity index (χ0) is 23.5. The first kappa shape index (κ1) is 21.5. The lowest BCUT2D eigenvalue weighted by molar-refractivity contribution is -0.137. The van der Waals surface area contributed by atoms with Crippen LogP contribution in [-0.2, 0) is 16.1 Å². The second kappa shape index (κ2) is 9.27. The number of aryl methyl sites for hydroxylation is 1. The highest BCUT2D eigenvalue weighted by Crippen LogP contribution is 2.38. The predicted octanol–water partition coefficient (Wildman–Crippen LogP) is 5.91. The zero-order valence-corrected chi connectivity index (χ0v) is 19.1. The maximum atomic E-state index is 12.2. The molecule has 0 N–H and O–H groups in total. The molecule has 0 aliphatic rings. The number of ether oxygens (including phenoxy) is 1. The van der Waals surface area contributed by atoms with E-state index in [2.05, 4.69) is 11.2 Å². The van der Waals surface area contributed by atoms with Crippen LogP contribution >= 0.6 is 0 Å². The fraction of sp³-hybridized carbons (Fsp3) is 0.143. The molecule has 0 radical (unpaired) electrons. The van der Waals surface area contributed by atoms with Gasteiger partial charge in [-0.05, 0) is 32.1 Å². The van der Waals surface area contributed by atoms with Crippen LogP contribution in [0.1, 0.15) is 19.4 Å². The van der Waals surface area contributed by atoms with E-state index < -0.39 is 5.97 Å². The van der Waals surface area contributed by atoms with E-state index in [0.717, 1.165) is 49.9 Å². The van der Waals surface area contributed by atoms with Crippen molar-refractivity contribution in [2.24, 2.45) is 0 Å². The summed E-state index contributed by atoms with van der Waals surface area (Å²) in [6.07, 6.45) is 6.96. The Balaban J connectivity index is 1.86.